The van der Waals surface area contributed by atoms with Crippen molar-refractivity contribution < 1.29 is 21.9 Å². The van der Waals surface area contributed by atoms with Crippen LogP contribution in [0.15, 0.2) is 18.2 Å². The first-order valence-electron chi connectivity index (χ1n) is 6.89. The van der Waals surface area contributed by atoms with Gasteiger partial charge >= 0.3 is 0 Å². The third-order valence-corrected chi connectivity index (χ3v) is 3.18. The summed E-state index contributed by atoms with van der Waals surface area (Å²) in [6.07, 6.45) is 1.13. The molecule has 0 aromatic heterocycles. The van der Waals surface area contributed by atoms with E-state index in [4.69, 9.17) is 9.47 Å². The van der Waals surface area contributed by atoms with Crippen molar-refractivity contribution in [3.8, 4) is 11.5 Å². The van der Waals surface area contributed by atoms with Crippen molar-refractivity contribution in [3.63, 3.8) is 0 Å². The lowest BCUT2D eigenvalue weighted by atomic mass is 9.82. The molecular weight excluding hydrogens is 274 g/mol. The molecule has 0 unspecified atom stereocenters. The summed E-state index contributed by atoms with van der Waals surface area (Å²) in [5.74, 6) is 1.70. The Morgan fingerprint density at radius 1 is 1.05 bits per heavy atom. The molecule has 0 fully saturated rings. The second-order valence-corrected chi connectivity index (χ2v) is 7.16. The third-order valence-electron chi connectivity index (χ3n) is 3.18. The van der Waals surface area contributed by atoms with Crippen LogP contribution < -0.4 is 27.2 Å². The smallest absolute Gasteiger partial charge is 0.231 e. The van der Waals surface area contributed by atoms with E-state index in [2.05, 4.69) is 52.1 Å². The zero-order valence-corrected chi connectivity index (χ0v) is 13.8. The van der Waals surface area contributed by atoms with Crippen LogP contribution >= 0.6 is 0 Å². The van der Waals surface area contributed by atoms with Crippen LogP contribution in [0, 0.1) is 5.41 Å². The van der Waals surface area contributed by atoms with Gasteiger partial charge in [0.2, 0.25) is 6.79 Å². The lowest BCUT2D eigenvalue weighted by Gasteiger charge is -2.33. The number of hydrogen-bond acceptors (Lipinski definition) is 3. The summed E-state index contributed by atoms with van der Waals surface area (Å²) in [5.41, 5.74) is 1.67. The minimum atomic E-state index is 0. The minimum absolute atomic E-state index is 0. The summed E-state index contributed by atoms with van der Waals surface area (Å²) in [7, 11) is 0. The van der Waals surface area contributed by atoms with Crippen molar-refractivity contribution >= 4 is 0 Å². The quantitative estimate of drug-likeness (QED) is 0.889. The number of halogens is 1. The normalized spacial score (nSPS) is 14.1. The van der Waals surface area contributed by atoms with Gasteiger partial charge in [-0.15, -0.1) is 0 Å². The first-order valence-corrected chi connectivity index (χ1v) is 6.89. The molecule has 1 heterocycles. The summed E-state index contributed by atoms with van der Waals surface area (Å²) in [6.45, 7) is 12.5. The van der Waals surface area contributed by atoms with E-state index in [1.54, 1.807) is 0 Å². The Hall–Kier alpha value is -0.930. The van der Waals surface area contributed by atoms with Crippen molar-refractivity contribution in [2.24, 2.45) is 5.41 Å². The Morgan fingerprint density at radius 2 is 1.70 bits per heavy atom. The Kier molecular flexibility index (Phi) is 5.33. The number of nitrogens with one attached hydrogen (secondary N) is 1. The largest absolute Gasteiger partial charge is 1.00 e. The topological polar surface area (TPSA) is 30.5 Å². The number of ether oxygens (including phenoxy) is 2. The van der Waals surface area contributed by atoms with Gasteiger partial charge in [-0.05, 0) is 43.4 Å². The van der Waals surface area contributed by atoms with Crippen LogP contribution in [0.4, 0.5) is 0 Å². The number of hydrogen-bond donors (Lipinski definition) is 1. The molecule has 20 heavy (non-hydrogen) atoms. The summed E-state index contributed by atoms with van der Waals surface area (Å²) >= 11 is 0. The Morgan fingerprint density at radius 3 is 2.35 bits per heavy atom. The number of fused-ring (bicyclic) bond motifs is 1. The highest BCUT2D eigenvalue weighted by atomic mass is 35.5. The third kappa shape index (κ3) is 4.88. The Bertz CT molecular complexity index is 452. The van der Waals surface area contributed by atoms with Gasteiger partial charge in [-0.2, -0.15) is 0 Å². The zero-order chi connectivity index (χ0) is 14.1. The highest BCUT2D eigenvalue weighted by Crippen LogP contribution is 2.33. The van der Waals surface area contributed by atoms with Gasteiger partial charge < -0.3 is 27.2 Å². The van der Waals surface area contributed by atoms with Gasteiger partial charge in [0, 0.05) is 12.1 Å². The molecule has 0 aliphatic carbocycles. The predicted octanol–water partition coefficient (Wildman–Crippen LogP) is 0.724. The van der Waals surface area contributed by atoms with Crippen molar-refractivity contribution in [3.05, 3.63) is 23.8 Å². The highest BCUT2D eigenvalue weighted by Gasteiger charge is 2.25. The average molecular weight is 299 g/mol. The molecule has 0 spiro atoms. The molecule has 114 valence electrons. The minimum Gasteiger partial charge on any atom is -1.00 e. The van der Waals surface area contributed by atoms with Crippen LogP contribution in [0.3, 0.4) is 0 Å². The van der Waals surface area contributed by atoms with Gasteiger partial charge in [0.15, 0.2) is 11.5 Å². The van der Waals surface area contributed by atoms with Gasteiger partial charge in [0.25, 0.3) is 0 Å². The molecule has 0 saturated carbocycles. The van der Waals surface area contributed by atoms with E-state index in [1.807, 2.05) is 6.07 Å². The molecule has 1 N–H and O–H groups in total. The van der Waals surface area contributed by atoms with E-state index >= 15 is 0 Å². The van der Waals surface area contributed by atoms with Crippen LogP contribution in [0.5, 0.6) is 11.5 Å². The standard InChI is InChI=1S/C16H25NO2.ClH/c1-15(2,3)10-16(4,5)17-9-12-6-7-13-14(8-12)19-11-18-13;/h6-8,17H,9-11H2,1-5H3;1H/p-1. The molecule has 3 nitrogen and oxygen atoms in total. The molecule has 0 radical (unpaired) electrons. The van der Waals surface area contributed by atoms with Crippen LogP contribution in [0.25, 0.3) is 0 Å². The van der Waals surface area contributed by atoms with E-state index in [0.29, 0.717) is 12.2 Å². The van der Waals surface area contributed by atoms with Crippen LogP contribution in [0.1, 0.15) is 46.6 Å². The summed E-state index contributed by atoms with van der Waals surface area (Å²) in [4.78, 5) is 0. The van der Waals surface area contributed by atoms with Gasteiger partial charge in [-0.1, -0.05) is 26.8 Å². The maximum Gasteiger partial charge on any atom is 0.231 e. The van der Waals surface area contributed by atoms with E-state index in [1.165, 1.54) is 5.56 Å². The van der Waals surface area contributed by atoms with Gasteiger partial charge in [-0.25, -0.2) is 0 Å². The van der Waals surface area contributed by atoms with E-state index in [9.17, 15) is 0 Å². The molecular formula is C16H25ClNO2-. The molecule has 1 aliphatic rings. The Labute approximate surface area is 128 Å². The van der Waals surface area contributed by atoms with Crippen LogP contribution in [-0.4, -0.2) is 12.3 Å². The SMILES string of the molecule is CC(C)(C)CC(C)(C)NCc1ccc2c(c1)OCO2.[Cl-]. The second-order valence-electron chi connectivity index (χ2n) is 7.16. The molecule has 4 heteroatoms. The predicted molar refractivity (Wildman–Crippen MR) is 77.6 cm³/mol. The van der Waals surface area contributed by atoms with Crippen molar-refractivity contribution in [2.75, 3.05) is 6.79 Å². The van der Waals surface area contributed by atoms with Gasteiger partial charge in [0.1, 0.15) is 0 Å². The van der Waals surface area contributed by atoms with Gasteiger partial charge in [0.05, 0.1) is 0 Å². The zero-order valence-electron chi connectivity index (χ0n) is 13.0. The lowest BCUT2D eigenvalue weighted by Crippen LogP contribution is -3.00. The van der Waals surface area contributed by atoms with Crippen molar-refractivity contribution in [1.82, 2.24) is 5.32 Å². The molecule has 0 amide bonds. The fourth-order valence-electron chi connectivity index (χ4n) is 2.78. The van der Waals surface area contributed by atoms with E-state index in [0.717, 1.165) is 24.5 Å². The first kappa shape index (κ1) is 17.1. The van der Waals surface area contributed by atoms with Crippen LogP contribution in [0.2, 0.25) is 0 Å². The summed E-state index contributed by atoms with van der Waals surface area (Å²) in [5, 5.41) is 3.63. The number of rotatable bonds is 4. The average Bonchev–Trinajstić information content (AvgIpc) is 2.70. The molecule has 1 aromatic rings. The lowest BCUT2D eigenvalue weighted by molar-refractivity contribution is -0.00000759. The highest BCUT2D eigenvalue weighted by molar-refractivity contribution is 5.44. The maximum atomic E-state index is 5.40. The van der Waals surface area contributed by atoms with Crippen molar-refractivity contribution in [1.29, 1.82) is 0 Å². The summed E-state index contributed by atoms with van der Waals surface area (Å²) in [6, 6.07) is 6.13. The fourth-order valence-corrected chi connectivity index (χ4v) is 2.78. The fraction of sp³-hybridized carbons (Fsp3) is 0.625. The van der Waals surface area contributed by atoms with E-state index in [-0.39, 0.29) is 17.9 Å². The maximum absolute atomic E-state index is 5.40. The monoisotopic (exact) mass is 298 g/mol. The van der Waals surface area contributed by atoms with Gasteiger partial charge in [-0.3, -0.25) is 0 Å². The summed E-state index contributed by atoms with van der Waals surface area (Å²) < 4.78 is 10.7. The number of benzene rings is 1. The molecule has 1 aromatic carbocycles. The van der Waals surface area contributed by atoms with E-state index < -0.39 is 0 Å². The Balaban J connectivity index is 0.00000200. The van der Waals surface area contributed by atoms with Crippen LogP contribution in [-0.2, 0) is 6.54 Å². The molecule has 0 saturated heterocycles. The molecule has 0 atom stereocenters. The second kappa shape index (κ2) is 6.23. The molecule has 2 rings (SSSR count). The molecule has 0 bridgehead atoms. The molecule has 1 aliphatic heterocycles. The van der Waals surface area contributed by atoms with Crippen molar-refractivity contribution in [2.45, 2.75) is 53.1 Å². The first-order chi connectivity index (χ1) is 8.75.